The molecule has 0 unspecified atom stereocenters. The summed E-state index contributed by atoms with van der Waals surface area (Å²) in [6.45, 7) is 2.54. The van der Waals surface area contributed by atoms with Gasteiger partial charge in [-0.3, -0.25) is 4.68 Å². The Balaban J connectivity index is 1.82. The lowest BCUT2D eigenvalue weighted by Gasteiger charge is -2.06. The first kappa shape index (κ1) is 14.6. The fourth-order valence-electron chi connectivity index (χ4n) is 1.69. The largest absolute Gasteiger partial charge is 0.445 e. The van der Waals surface area contributed by atoms with Gasteiger partial charge in [0.1, 0.15) is 6.61 Å². The molecule has 20 heavy (non-hydrogen) atoms. The quantitative estimate of drug-likeness (QED) is 0.933. The molecule has 1 aromatic heterocycles. The van der Waals surface area contributed by atoms with Crippen molar-refractivity contribution >= 4 is 22.0 Å². The molecule has 0 aliphatic rings. The molecule has 0 bridgehead atoms. The number of hydrogen-bond acceptors (Lipinski definition) is 3. The van der Waals surface area contributed by atoms with Crippen LogP contribution in [0.2, 0.25) is 0 Å². The SMILES string of the molecule is Cc1c(Br)c(CNC(=O)OCc2ccccc2)nn1C. The number of rotatable bonds is 4. The molecule has 6 heteroatoms. The molecule has 0 saturated heterocycles. The Bertz CT molecular complexity index is 596. The van der Waals surface area contributed by atoms with Gasteiger partial charge in [0.25, 0.3) is 0 Å². The van der Waals surface area contributed by atoms with Crippen LogP contribution in [0, 0.1) is 6.92 Å². The number of ether oxygens (including phenoxy) is 1. The van der Waals surface area contributed by atoms with Gasteiger partial charge in [0, 0.05) is 12.7 Å². The maximum Gasteiger partial charge on any atom is 0.407 e. The summed E-state index contributed by atoms with van der Waals surface area (Å²) in [5.74, 6) is 0. The normalized spacial score (nSPS) is 10.3. The van der Waals surface area contributed by atoms with E-state index in [1.54, 1.807) is 4.68 Å². The summed E-state index contributed by atoms with van der Waals surface area (Å²) in [5.41, 5.74) is 2.75. The number of nitrogens with zero attached hydrogens (tertiary/aromatic N) is 2. The Morgan fingerprint density at radius 1 is 1.40 bits per heavy atom. The number of carbonyl (C=O) groups excluding carboxylic acids is 1. The van der Waals surface area contributed by atoms with E-state index in [1.165, 1.54) is 0 Å². The number of aromatic nitrogens is 2. The van der Waals surface area contributed by atoms with Crippen LogP contribution in [0.15, 0.2) is 34.8 Å². The van der Waals surface area contributed by atoms with E-state index in [0.29, 0.717) is 6.54 Å². The Hall–Kier alpha value is -1.82. The molecule has 0 fully saturated rings. The Morgan fingerprint density at radius 3 is 2.70 bits per heavy atom. The van der Waals surface area contributed by atoms with Crippen molar-refractivity contribution in [3.8, 4) is 0 Å². The van der Waals surface area contributed by atoms with Crippen LogP contribution in [0.5, 0.6) is 0 Å². The zero-order chi connectivity index (χ0) is 14.5. The maximum absolute atomic E-state index is 11.6. The summed E-state index contributed by atoms with van der Waals surface area (Å²) in [6, 6.07) is 9.55. The Labute approximate surface area is 126 Å². The Kier molecular flexibility index (Phi) is 4.79. The molecule has 0 aliphatic heterocycles. The van der Waals surface area contributed by atoms with Crippen LogP contribution in [0.4, 0.5) is 4.79 Å². The molecule has 106 valence electrons. The standard InChI is InChI=1S/C14H16BrN3O2/c1-10-13(15)12(17-18(10)2)8-16-14(19)20-9-11-6-4-3-5-7-11/h3-7H,8-9H2,1-2H3,(H,16,19). The summed E-state index contributed by atoms with van der Waals surface area (Å²) >= 11 is 3.45. The fourth-order valence-corrected chi connectivity index (χ4v) is 2.17. The molecule has 1 amide bonds. The third-order valence-corrected chi connectivity index (χ3v) is 3.97. The highest BCUT2D eigenvalue weighted by Gasteiger charge is 2.11. The van der Waals surface area contributed by atoms with E-state index < -0.39 is 6.09 Å². The van der Waals surface area contributed by atoms with E-state index in [4.69, 9.17) is 4.74 Å². The van der Waals surface area contributed by atoms with Gasteiger partial charge in [-0.15, -0.1) is 0 Å². The number of carbonyl (C=O) groups is 1. The average Bonchev–Trinajstić information content (AvgIpc) is 2.71. The van der Waals surface area contributed by atoms with Gasteiger partial charge < -0.3 is 10.1 Å². The molecule has 1 N–H and O–H groups in total. The smallest absolute Gasteiger partial charge is 0.407 e. The molecule has 0 atom stereocenters. The number of nitrogens with one attached hydrogen (secondary N) is 1. The number of benzene rings is 1. The van der Waals surface area contributed by atoms with Gasteiger partial charge in [0.2, 0.25) is 0 Å². The summed E-state index contributed by atoms with van der Waals surface area (Å²) in [5, 5.41) is 6.98. The van der Waals surface area contributed by atoms with Crippen LogP contribution in [0.25, 0.3) is 0 Å². The third kappa shape index (κ3) is 3.60. The highest BCUT2D eigenvalue weighted by molar-refractivity contribution is 9.10. The van der Waals surface area contributed by atoms with Crippen LogP contribution in [-0.4, -0.2) is 15.9 Å². The summed E-state index contributed by atoms with van der Waals surface area (Å²) in [6.07, 6.45) is -0.455. The molecule has 2 rings (SSSR count). The van der Waals surface area contributed by atoms with Crippen molar-refractivity contribution in [1.29, 1.82) is 0 Å². The zero-order valence-electron chi connectivity index (χ0n) is 11.4. The van der Waals surface area contributed by atoms with Crippen molar-refractivity contribution in [3.63, 3.8) is 0 Å². The number of alkyl carbamates (subject to hydrolysis) is 1. The molecule has 5 nitrogen and oxygen atoms in total. The number of aryl methyl sites for hydroxylation is 1. The summed E-state index contributed by atoms with van der Waals surface area (Å²) in [4.78, 5) is 11.6. The molecule has 0 saturated carbocycles. The van der Waals surface area contributed by atoms with Gasteiger partial charge >= 0.3 is 6.09 Å². The molecule has 1 heterocycles. The minimum Gasteiger partial charge on any atom is -0.445 e. The summed E-state index contributed by atoms with van der Waals surface area (Å²) < 4.78 is 7.79. The van der Waals surface area contributed by atoms with Gasteiger partial charge in [-0.05, 0) is 28.4 Å². The van der Waals surface area contributed by atoms with Crippen LogP contribution >= 0.6 is 15.9 Å². The molecule has 1 aromatic carbocycles. The van der Waals surface area contributed by atoms with Crippen molar-refractivity contribution < 1.29 is 9.53 Å². The molecular weight excluding hydrogens is 322 g/mol. The van der Waals surface area contributed by atoms with E-state index in [1.807, 2.05) is 44.3 Å². The maximum atomic E-state index is 11.6. The van der Waals surface area contributed by atoms with E-state index in [9.17, 15) is 4.79 Å². The first-order valence-electron chi connectivity index (χ1n) is 6.20. The van der Waals surface area contributed by atoms with Gasteiger partial charge in [-0.2, -0.15) is 5.10 Å². The van der Waals surface area contributed by atoms with Gasteiger partial charge in [-0.25, -0.2) is 4.79 Å². The Morgan fingerprint density at radius 2 is 2.10 bits per heavy atom. The third-order valence-electron chi connectivity index (χ3n) is 2.94. The lowest BCUT2D eigenvalue weighted by molar-refractivity contribution is 0.139. The van der Waals surface area contributed by atoms with Gasteiger partial charge in [0.15, 0.2) is 0 Å². The lowest BCUT2D eigenvalue weighted by Crippen LogP contribution is -2.24. The average molecular weight is 338 g/mol. The van der Waals surface area contributed by atoms with E-state index in [-0.39, 0.29) is 6.61 Å². The van der Waals surface area contributed by atoms with E-state index in [0.717, 1.165) is 21.4 Å². The first-order valence-corrected chi connectivity index (χ1v) is 6.99. The monoisotopic (exact) mass is 337 g/mol. The van der Waals surface area contributed by atoms with Crippen molar-refractivity contribution in [3.05, 3.63) is 51.8 Å². The first-order chi connectivity index (χ1) is 9.58. The van der Waals surface area contributed by atoms with Crippen LogP contribution in [0.1, 0.15) is 17.0 Å². The second-order valence-corrected chi connectivity index (χ2v) is 5.18. The second kappa shape index (κ2) is 6.56. The second-order valence-electron chi connectivity index (χ2n) is 4.38. The highest BCUT2D eigenvalue weighted by Crippen LogP contribution is 2.19. The topological polar surface area (TPSA) is 56.1 Å². The van der Waals surface area contributed by atoms with Gasteiger partial charge in [-0.1, -0.05) is 30.3 Å². The molecular formula is C14H16BrN3O2. The molecule has 0 radical (unpaired) electrons. The van der Waals surface area contributed by atoms with Crippen LogP contribution in [0.3, 0.4) is 0 Å². The van der Waals surface area contributed by atoms with Crippen LogP contribution in [-0.2, 0) is 24.9 Å². The number of amides is 1. The lowest BCUT2D eigenvalue weighted by atomic mass is 10.2. The molecule has 0 aliphatic carbocycles. The minimum atomic E-state index is -0.455. The van der Waals surface area contributed by atoms with Crippen molar-refractivity contribution in [2.45, 2.75) is 20.1 Å². The number of halogens is 1. The van der Waals surface area contributed by atoms with Crippen molar-refractivity contribution in [1.82, 2.24) is 15.1 Å². The highest BCUT2D eigenvalue weighted by atomic mass is 79.9. The van der Waals surface area contributed by atoms with Crippen molar-refractivity contribution in [2.24, 2.45) is 7.05 Å². The predicted octanol–water partition coefficient (Wildman–Crippen LogP) is 2.92. The molecule has 2 aromatic rings. The fraction of sp³-hybridized carbons (Fsp3) is 0.286. The van der Waals surface area contributed by atoms with E-state index in [2.05, 4.69) is 26.3 Å². The predicted molar refractivity (Wildman–Crippen MR) is 79.1 cm³/mol. The van der Waals surface area contributed by atoms with Crippen LogP contribution < -0.4 is 5.32 Å². The summed E-state index contributed by atoms with van der Waals surface area (Å²) in [7, 11) is 1.86. The van der Waals surface area contributed by atoms with Gasteiger partial charge in [0.05, 0.1) is 16.7 Å². The van der Waals surface area contributed by atoms with E-state index >= 15 is 0 Å². The molecule has 0 spiro atoms. The van der Waals surface area contributed by atoms with Crippen molar-refractivity contribution in [2.75, 3.05) is 0 Å². The minimum absolute atomic E-state index is 0.259. The zero-order valence-corrected chi connectivity index (χ0v) is 13.0. The number of hydrogen-bond donors (Lipinski definition) is 1.